The number of methoxy groups -OCH3 is 2. The van der Waals surface area contributed by atoms with Gasteiger partial charge in [0.1, 0.15) is 11.5 Å². The highest BCUT2D eigenvalue weighted by molar-refractivity contribution is 5.37. The van der Waals surface area contributed by atoms with E-state index in [-0.39, 0.29) is 35.6 Å². The molecule has 2 aromatic carbocycles. The van der Waals surface area contributed by atoms with Crippen LogP contribution in [0.5, 0.6) is 11.5 Å². The molecule has 0 spiro atoms. The Morgan fingerprint density at radius 3 is 1.24 bits per heavy atom. The summed E-state index contributed by atoms with van der Waals surface area (Å²) in [5, 5.41) is 0. The summed E-state index contributed by atoms with van der Waals surface area (Å²) in [5.74, 6) is 1.59. The van der Waals surface area contributed by atoms with Crippen molar-refractivity contribution in [2.75, 3.05) is 14.2 Å². The molecule has 156 valence electrons. The zero-order chi connectivity index (χ0) is 20.8. The van der Waals surface area contributed by atoms with Crippen LogP contribution in [-0.2, 0) is 18.9 Å². The van der Waals surface area contributed by atoms with Crippen LogP contribution in [-0.4, -0.2) is 26.8 Å². The van der Waals surface area contributed by atoms with Gasteiger partial charge < -0.3 is 23.7 Å². The number of rotatable bonds is 6. The molecule has 2 saturated heterocycles. The third kappa shape index (κ3) is 3.46. The number of hydrogen-bond acceptors (Lipinski definition) is 5. The minimum Gasteiger partial charge on any atom is -0.457 e. The number of hydrogen-bond donors (Lipinski definition) is 0. The first-order valence-corrected chi connectivity index (χ1v) is 10.0. The molecule has 5 heteroatoms. The van der Waals surface area contributed by atoms with E-state index in [1.165, 1.54) is 0 Å². The topological polar surface area (TPSA) is 46.2 Å². The third-order valence-corrected chi connectivity index (χ3v) is 6.12. The van der Waals surface area contributed by atoms with Crippen LogP contribution in [0.1, 0.15) is 51.0 Å². The van der Waals surface area contributed by atoms with Gasteiger partial charge in [-0.3, -0.25) is 0 Å². The second-order valence-corrected chi connectivity index (χ2v) is 9.05. The minimum atomic E-state index is -0.161. The van der Waals surface area contributed by atoms with Crippen molar-refractivity contribution in [3.8, 4) is 11.5 Å². The molecular weight excluding hydrogens is 368 g/mol. The number of benzene rings is 2. The molecule has 2 heterocycles. The Morgan fingerprint density at radius 2 is 0.966 bits per heavy atom. The van der Waals surface area contributed by atoms with Crippen LogP contribution in [0.25, 0.3) is 0 Å². The van der Waals surface area contributed by atoms with Gasteiger partial charge in [0.25, 0.3) is 0 Å². The molecule has 0 aromatic heterocycles. The highest BCUT2D eigenvalue weighted by atomic mass is 16.7. The largest absolute Gasteiger partial charge is 0.457 e. The van der Waals surface area contributed by atoms with Crippen molar-refractivity contribution < 1.29 is 23.7 Å². The zero-order valence-electron chi connectivity index (χ0n) is 18.0. The second-order valence-electron chi connectivity index (χ2n) is 9.05. The van der Waals surface area contributed by atoms with Gasteiger partial charge in [0.15, 0.2) is 12.6 Å². The molecule has 2 aliphatic heterocycles. The van der Waals surface area contributed by atoms with E-state index in [1.807, 2.05) is 24.3 Å². The number of ether oxygens (including phenoxy) is 5. The van der Waals surface area contributed by atoms with E-state index in [0.29, 0.717) is 0 Å². The van der Waals surface area contributed by atoms with Crippen molar-refractivity contribution in [2.24, 2.45) is 10.8 Å². The highest BCUT2D eigenvalue weighted by Gasteiger charge is 2.51. The molecule has 5 nitrogen and oxygen atoms in total. The maximum Gasteiger partial charge on any atom is 0.165 e. The average molecular weight is 398 g/mol. The van der Waals surface area contributed by atoms with Crippen LogP contribution < -0.4 is 4.74 Å². The molecule has 0 aliphatic carbocycles. The van der Waals surface area contributed by atoms with Gasteiger partial charge in [0.2, 0.25) is 0 Å². The van der Waals surface area contributed by atoms with E-state index in [0.717, 1.165) is 22.6 Å². The standard InChI is InChI=1S/C24H30O5/c1-23(2)19(28-21(23)25-5)15-7-11-17(12-8-15)27-18-13-9-16(10-14-18)20-24(3,4)22(26-6)29-20/h7-14,19-22H,1-6H3. The molecule has 29 heavy (non-hydrogen) atoms. The van der Waals surface area contributed by atoms with Gasteiger partial charge in [-0.25, -0.2) is 0 Å². The predicted molar refractivity (Wildman–Crippen MR) is 110 cm³/mol. The first-order chi connectivity index (χ1) is 13.8. The first-order valence-electron chi connectivity index (χ1n) is 10.0. The van der Waals surface area contributed by atoms with Crippen LogP contribution in [0.2, 0.25) is 0 Å². The van der Waals surface area contributed by atoms with Gasteiger partial charge in [0.05, 0.1) is 12.2 Å². The summed E-state index contributed by atoms with van der Waals surface area (Å²) in [6.45, 7) is 8.62. The van der Waals surface area contributed by atoms with Gasteiger partial charge in [-0.2, -0.15) is 0 Å². The van der Waals surface area contributed by atoms with Crippen molar-refractivity contribution in [3.63, 3.8) is 0 Å². The summed E-state index contributed by atoms with van der Waals surface area (Å²) in [4.78, 5) is 0. The predicted octanol–water partition coefficient (Wildman–Crippen LogP) is 5.62. The maximum absolute atomic E-state index is 6.01. The van der Waals surface area contributed by atoms with Crippen molar-refractivity contribution in [1.29, 1.82) is 0 Å². The summed E-state index contributed by atoms with van der Waals surface area (Å²) >= 11 is 0. The van der Waals surface area contributed by atoms with Crippen molar-refractivity contribution >= 4 is 0 Å². The second kappa shape index (κ2) is 7.40. The fourth-order valence-electron chi connectivity index (χ4n) is 4.34. The summed E-state index contributed by atoms with van der Waals surface area (Å²) < 4.78 is 28.4. The fourth-order valence-corrected chi connectivity index (χ4v) is 4.34. The van der Waals surface area contributed by atoms with E-state index in [9.17, 15) is 0 Å². The van der Waals surface area contributed by atoms with E-state index in [2.05, 4.69) is 52.0 Å². The van der Waals surface area contributed by atoms with Gasteiger partial charge >= 0.3 is 0 Å². The van der Waals surface area contributed by atoms with Crippen LogP contribution >= 0.6 is 0 Å². The minimum absolute atomic E-state index is 0.0301. The highest BCUT2D eigenvalue weighted by Crippen LogP contribution is 2.52. The van der Waals surface area contributed by atoms with Crippen LogP contribution in [0.3, 0.4) is 0 Å². The lowest BCUT2D eigenvalue weighted by molar-refractivity contribution is -0.337. The Bertz CT molecular complexity index is 769. The molecule has 2 aromatic rings. The summed E-state index contributed by atoms with van der Waals surface area (Å²) in [6.07, 6.45) is -0.262. The quantitative estimate of drug-likeness (QED) is 0.632. The normalized spacial score (nSPS) is 29.6. The zero-order valence-corrected chi connectivity index (χ0v) is 18.0. The van der Waals surface area contributed by atoms with Crippen molar-refractivity contribution in [2.45, 2.75) is 52.5 Å². The molecular formula is C24H30O5. The molecule has 4 atom stereocenters. The van der Waals surface area contributed by atoms with Crippen molar-refractivity contribution in [1.82, 2.24) is 0 Å². The Hall–Kier alpha value is -1.92. The molecule has 2 fully saturated rings. The molecule has 0 saturated carbocycles. The van der Waals surface area contributed by atoms with E-state index in [4.69, 9.17) is 23.7 Å². The lowest BCUT2D eigenvalue weighted by Crippen LogP contribution is -2.51. The Labute approximate surface area is 172 Å². The molecule has 0 bridgehead atoms. The fraction of sp³-hybridized carbons (Fsp3) is 0.500. The Morgan fingerprint density at radius 1 is 0.621 bits per heavy atom. The SMILES string of the molecule is COC1OC(c2ccc(Oc3ccc(C4OC(OC)C4(C)C)cc3)cc2)C1(C)C. The van der Waals surface area contributed by atoms with Gasteiger partial charge in [-0.1, -0.05) is 52.0 Å². The lowest BCUT2D eigenvalue weighted by atomic mass is 9.77. The summed E-state index contributed by atoms with van der Waals surface area (Å²) in [6, 6.07) is 16.1. The van der Waals surface area contributed by atoms with Gasteiger partial charge in [-0.05, 0) is 35.4 Å². The summed E-state index contributed by atoms with van der Waals surface area (Å²) in [7, 11) is 3.36. The first kappa shape index (κ1) is 20.4. The average Bonchev–Trinajstić information content (AvgIpc) is 2.69. The smallest absolute Gasteiger partial charge is 0.165 e. The maximum atomic E-state index is 6.01. The van der Waals surface area contributed by atoms with Crippen LogP contribution in [0, 0.1) is 10.8 Å². The monoisotopic (exact) mass is 398 g/mol. The van der Waals surface area contributed by atoms with Crippen LogP contribution in [0.15, 0.2) is 48.5 Å². The Kier molecular flexibility index (Phi) is 5.20. The molecule has 0 amide bonds. The molecule has 2 aliphatic rings. The lowest BCUT2D eigenvalue weighted by Gasteiger charge is -2.50. The Balaban J connectivity index is 1.39. The third-order valence-electron chi connectivity index (χ3n) is 6.12. The molecule has 0 N–H and O–H groups in total. The van der Waals surface area contributed by atoms with Crippen LogP contribution in [0.4, 0.5) is 0 Å². The van der Waals surface area contributed by atoms with E-state index >= 15 is 0 Å². The van der Waals surface area contributed by atoms with E-state index < -0.39 is 0 Å². The van der Waals surface area contributed by atoms with E-state index in [1.54, 1.807) is 14.2 Å². The molecule has 4 rings (SSSR count). The van der Waals surface area contributed by atoms with Gasteiger partial charge in [-0.15, -0.1) is 0 Å². The van der Waals surface area contributed by atoms with Crippen molar-refractivity contribution in [3.05, 3.63) is 59.7 Å². The van der Waals surface area contributed by atoms with Gasteiger partial charge in [0, 0.05) is 25.0 Å². The summed E-state index contributed by atoms with van der Waals surface area (Å²) in [5.41, 5.74) is 2.16. The molecule has 4 unspecified atom stereocenters. The molecule has 0 radical (unpaired) electrons.